The summed E-state index contributed by atoms with van der Waals surface area (Å²) in [5.74, 6) is 0.933. The molecule has 0 aliphatic carbocycles. The van der Waals surface area contributed by atoms with Crippen molar-refractivity contribution in [2.45, 2.75) is 20.1 Å². The number of hydrogen-bond acceptors (Lipinski definition) is 3. The Morgan fingerprint density at radius 2 is 1.95 bits per heavy atom. The molecule has 106 valence electrons. The molecule has 5 heteroatoms. The van der Waals surface area contributed by atoms with Crippen molar-refractivity contribution in [2.24, 2.45) is 0 Å². The van der Waals surface area contributed by atoms with Gasteiger partial charge in [0.05, 0.1) is 0 Å². The quantitative estimate of drug-likeness (QED) is 0.817. The minimum atomic E-state index is 0.506. The zero-order valence-electron chi connectivity index (χ0n) is 11.4. The first-order chi connectivity index (χ1) is 9.60. The van der Waals surface area contributed by atoms with Crippen LogP contribution in [0.1, 0.15) is 16.7 Å². The predicted molar refractivity (Wildman–Crippen MR) is 87.9 cm³/mol. The molecule has 0 saturated carbocycles. The van der Waals surface area contributed by atoms with E-state index in [-0.39, 0.29) is 0 Å². The van der Waals surface area contributed by atoms with Crippen molar-refractivity contribution < 1.29 is 4.74 Å². The van der Waals surface area contributed by atoms with Crippen LogP contribution in [0.5, 0.6) is 5.75 Å². The largest absolute Gasteiger partial charge is 0.488 e. The molecule has 0 fully saturated rings. The second-order valence-electron chi connectivity index (χ2n) is 4.54. The number of aromatic nitrogens is 1. The van der Waals surface area contributed by atoms with Gasteiger partial charge < -0.3 is 10.1 Å². The number of rotatable bonds is 5. The number of nitrogens with zero attached hydrogens (tertiary/aromatic N) is 1. The van der Waals surface area contributed by atoms with Crippen molar-refractivity contribution >= 4 is 31.9 Å². The summed E-state index contributed by atoms with van der Waals surface area (Å²) in [6.45, 7) is 3.33. The lowest BCUT2D eigenvalue weighted by Gasteiger charge is -2.15. The molecule has 1 aromatic carbocycles. The third kappa shape index (κ3) is 4.04. The third-order valence-corrected chi connectivity index (χ3v) is 3.72. The van der Waals surface area contributed by atoms with Crippen molar-refractivity contribution in [1.82, 2.24) is 10.3 Å². The highest BCUT2D eigenvalue weighted by Crippen LogP contribution is 2.29. The normalized spacial score (nSPS) is 10.6. The van der Waals surface area contributed by atoms with Crippen molar-refractivity contribution in [3.63, 3.8) is 0 Å². The minimum Gasteiger partial charge on any atom is -0.488 e. The number of ether oxygens (including phenoxy) is 1. The molecule has 20 heavy (non-hydrogen) atoms. The monoisotopic (exact) mass is 398 g/mol. The maximum Gasteiger partial charge on any atom is 0.127 e. The van der Waals surface area contributed by atoms with Gasteiger partial charge in [0, 0.05) is 39.0 Å². The predicted octanol–water partition coefficient (Wildman–Crippen LogP) is 4.21. The van der Waals surface area contributed by atoms with Gasteiger partial charge in [-0.2, -0.15) is 0 Å². The number of halogens is 2. The van der Waals surface area contributed by atoms with Crippen LogP contribution in [0.3, 0.4) is 0 Å². The number of aryl methyl sites for hydroxylation is 1. The fraction of sp³-hybridized carbons (Fsp3) is 0.267. The smallest absolute Gasteiger partial charge is 0.127 e. The molecule has 0 unspecified atom stereocenters. The Morgan fingerprint density at radius 3 is 2.65 bits per heavy atom. The van der Waals surface area contributed by atoms with Crippen molar-refractivity contribution in [3.05, 3.63) is 56.2 Å². The lowest BCUT2D eigenvalue weighted by Crippen LogP contribution is -2.09. The van der Waals surface area contributed by atoms with Crippen molar-refractivity contribution in [1.29, 1.82) is 0 Å². The Bertz CT molecular complexity index is 602. The van der Waals surface area contributed by atoms with Crippen LogP contribution in [-0.2, 0) is 13.2 Å². The zero-order chi connectivity index (χ0) is 14.5. The summed E-state index contributed by atoms with van der Waals surface area (Å²) < 4.78 is 8.02. The molecule has 3 nitrogen and oxygen atoms in total. The molecule has 0 bridgehead atoms. The van der Waals surface area contributed by atoms with Crippen LogP contribution in [0.2, 0.25) is 0 Å². The second kappa shape index (κ2) is 7.20. The van der Waals surface area contributed by atoms with Crippen LogP contribution >= 0.6 is 31.9 Å². The van der Waals surface area contributed by atoms with Crippen LogP contribution in [0, 0.1) is 6.92 Å². The summed E-state index contributed by atoms with van der Waals surface area (Å²) in [6.07, 6.45) is 3.58. The first kappa shape index (κ1) is 15.5. The Kier molecular flexibility index (Phi) is 5.57. The molecule has 0 radical (unpaired) electrons. The van der Waals surface area contributed by atoms with Crippen LogP contribution < -0.4 is 10.1 Å². The molecule has 0 amide bonds. The van der Waals surface area contributed by atoms with Gasteiger partial charge >= 0.3 is 0 Å². The molecule has 1 aromatic heterocycles. The van der Waals surface area contributed by atoms with Crippen LogP contribution in [0.15, 0.2) is 39.5 Å². The second-order valence-corrected chi connectivity index (χ2v) is 6.37. The fourth-order valence-corrected chi connectivity index (χ4v) is 3.05. The molecule has 0 saturated heterocycles. The van der Waals surface area contributed by atoms with Gasteiger partial charge in [0.1, 0.15) is 12.4 Å². The molecule has 2 aromatic rings. The summed E-state index contributed by atoms with van der Waals surface area (Å²) in [5.41, 5.74) is 3.30. The fourth-order valence-electron chi connectivity index (χ4n) is 2.02. The molecule has 1 heterocycles. The van der Waals surface area contributed by atoms with E-state index in [9.17, 15) is 0 Å². The number of benzene rings is 1. The van der Waals surface area contributed by atoms with E-state index in [4.69, 9.17) is 4.74 Å². The molecule has 0 aliphatic rings. The molecule has 1 N–H and O–H groups in total. The van der Waals surface area contributed by atoms with E-state index in [1.165, 1.54) is 0 Å². The molecule has 2 rings (SSSR count). The van der Waals surface area contributed by atoms with Crippen LogP contribution in [-0.4, -0.2) is 12.0 Å². The van der Waals surface area contributed by atoms with E-state index >= 15 is 0 Å². The highest BCUT2D eigenvalue weighted by Gasteiger charge is 2.09. The summed E-state index contributed by atoms with van der Waals surface area (Å²) in [4.78, 5) is 4.15. The SMILES string of the molecule is CNCc1cc(Br)cc(C)c1OCc1cncc(Br)c1. The van der Waals surface area contributed by atoms with E-state index in [1.54, 1.807) is 6.20 Å². The summed E-state index contributed by atoms with van der Waals surface area (Å²) in [5, 5.41) is 3.17. The Balaban J connectivity index is 2.20. The van der Waals surface area contributed by atoms with Gasteiger partial charge in [0.2, 0.25) is 0 Å². The average Bonchev–Trinajstić information content (AvgIpc) is 2.38. The summed E-state index contributed by atoms with van der Waals surface area (Å²) in [6, 6.07) is 6.16. The molecule has 0 aliphatic heterocycles. The van der Waals surface area contributed by atoms with E-state index in [0.29, 0.717) is 6.61 Å². The van der Waals surface area contributed by atoms with Gasteiger partial charge in [0.25, 0.3) is 0 Å². The van der Waals surface area contributed by atoms with Gasteiger partial charge in [0.15, 0.2) is 0 Å². The van der Waals surface area contributed by atoms with Gasteiger partial charge in [-0.15, -0.1) is 0 Å². The number of nitrogens with one attached hydrogen (secondary N) is 1. The lowest BCUT2D eigenvalue weighted by atomic mass is 10.1. The topological polar surface area (TPSA) is 34.1 Å². The molecule has 0 spiro atoms. The molecular weight excluding hydrogens is 384 g/mol. The standard InChI is InChI=1S/C15H16Br2N2O/c1-10-3-13(16)5-12(7-18-2)15(10)20-9-11-4-14(17)8-19-6-11/h3-6,8,18H,7,9H2,1-2H3. The number of hydrogen-bond donors (Lipinski definition) is 1. The Hall–Kier alpha value is -0.910. The van der Waals surface area contributed by atoms with E-state index in [2.05, 4.69) is 61.2 Å². The summed E-state index contributed by atoms with van der Waals surface area (Å²) >= 11 is 6.94. The van der Waals surface area contributed by atoms with E-state index < -0.39 is 0 Å². The van der Waals surface area contributed by atoms with E-state index in [0.717, 1.165) is 37.9 Å². The van der Waals surface area contributed by atoms with Gasteiger partial charge in [-0.25, -0.2) is 0 Å². The zero-order valence-corrected chi connectivity index (χ0v) is 14.6. The van der Waals surface area contributed by atoms with Crippen molar-refractivity contribution in [3.8, 4) is 5.75 Å². The van der Waals surface area contributed by atoms with Gasteiger partial charge in [-0.05, 0) is 53.7 Å². The number of pyridine rings is 1. The van der Waals surface area contributed by atoms with Gasteiger partial charge in [-0.1, -0.05) is 15.9 Å². The van der Waals surface area contributed by atoms with E-state index in [1.807, 2.05) is 19.3 Å². The average molecular weight is 400 g/mol. The minimum absolute atomic E-state index is 0.506. The highest BCUT2D eigenvalue weighted by molar-refractivity contribution is 9.10. The summed E-state index contributed by atoms with van der Waals surface area (Å²) in [7, 11) is 1.93. The molecule has 0 atom stereocenters. The Morgan fingerprint density at radius 1 is 1.15 bits per heavy atom. The maximum atomic E-state index is 5.99. The maximum absolute atomic E-state index is 5.99. The lowest BCUT2D eigenvalue weighted by molar-refractivity contribution is 0.299. The third-order valence-electron chi connectivity index (χ3n) is 2.83. The highest BCUT2D eigenvalue weighted by atomic mass is 79.9. The first-order valence-corrected chi connectivity index (χ1v) is 7.84. The van der Waals surface area contributed by atoms with Crippen molar-refractivity contribution in [2.75, 3.05) is 7.05 Å². The first-order valence-electron chi connectivity index (χ1n) is 6.26. The van der Waals surface area contributed by atoms with Gasteiger partial charge in [-0.3, -0.25) is 4.98 Å². The molecular formula is C15H16Br2N2O. The van der Waals surface area contributed by atoms with Crippen LogP contribution in [0.4, 0.5) is 0 Å². The Labute approximate surface area is 136 Å². The van der Waals surface area contributed by atoms with Crippen LogP contribution in [0.25, 0.3) is 0 Å².